The predicted octanol–water partition coefficient (Wildman–Crippen LogP) is 1.72. The van der Waals surface area contributed by atoms with Crippen LogP contribution in [0.5, 0.6) is 0 Å². The van der Waals surface area contributed by atoms with Gasteiger partial charge in [0, 0.05) is 19.1 Å². The topological polar surface area (TPSA) is 51.4 Å². The molecule has 0 radical (unpaired) electrons. The van der Waals surface area contributed by atoms with Crippen LogP contribution >= 0.6 is 0 Å². The summed E-state index contributed by atoms with van der Waals surface area (Å²) in [6.07, 6.45) is 3.13. The fraction of sp³-hybridized carbons (Fsp3) is 0.615. The molecule has 0 saturated carbocycles. The van der Waals surface area contributed by atoms with Gasteiger partial charge in [0.15, 0.2) is 0 Å². The Morgan fingerprint density at radius 3 is 3.00 bits per heavy atom. The summed E-state index contributed by atoms with van der Waals surface area (Å²) in [5.74, 6) is 0. The molecule has 2 rings (SSSR count). The summed E-state index contributed by atoms with van der Waals surface area (Å²) in [6.45, 7) is 6.83. The number of anilines is 1. The molecule has 1 aromatic rings. The van der Waals surface area contributed by atoms with Gasteiger partial charge in [-0.2, -0.15) is 0 Å². The molecular formula is C13H21N3O. The van der Waals surface area contributed by atoms with Crippen LogP contribution < -0.4 is 10.6 Å². The van der Waals surface area contributed by atoms with E-state index >= 15 is 0 Å². The van der Waals surface area contributed by atoms with Gasteiger partial charge in [0.2, 0.25) is 0 Å². The van der Waals surface area contributed by atoms with Crippen LogP contribution in [0.1, 0.15) is 32.0 Å². The SMILES string of the molecule is CC[C@H](N)c1ccc(N2CCOC(C)C2)cn1. The van der Waals surface area contributed by atoms with E-state index in [2.05, 4.69) is 29.8 Å². The third-order valence-electron chi connectivity index (χ3n) is 3.20. The van der Waals surface area contributed by atoms with E-state index in [-0.39, 0.29) is 6.04 Å². The second-order valence-corrected chi connectivity index (χ2v) is 4.58. The molecule has 0 aromatic carbocycles. The van der Waals surface area contributed by atoms with Crippen molar-refractivity contribution < 1.29 is 4.74 Å². The van der Waals surface area contributed by atoms with Gasteiger partial charge >= 0.3 is 0 Å². The van der Waals surface area contributed by atoms with Gasteiger partial charge in [-0.05, 0) is 25.5 Å². The lowest BCUT2D eigenvalue weighted by Gasteiger charge is -2.32. The first-order chi connectivity index (χ1) is 8.20. The van der Waals surface area contributed by atoms with Gasteiger partial charge in [0.25, 0.3) is 0 Å². The van der Waals surface area contributed by atoms with Crippen LogP contribution in [0.25, 0.3) is 0 Å². The van der Waals surface area contributed by atoms with Crippen molar-refractivity contribution in [2.24, 2.45) is 5.73 Å². The maximum Gasteiger partial charge on any atom is 0.0722 e. The second kappa shape index (κ2) is 5.47. The molecular weight excluding hydrogens is 214 g/mol. The zero-order valence-electron chi connectivity index (χ0n) is 10.6. The molecule has 2 heterocycles. The molecule has 4 heteroatoms. The van der Waals surface area contributed by atoms with E-state index in [0.29, 0.717) is 6.10 Å². The normalized spacial score (nSPS) is 22.5. The minimum Gasteiger partial charge on any atom is -0.375 e. The van der Waals surface area contributed by atoms with Crippen LogP contribution in [0.3, 0.4) is 0 Å². The first kappa shape index (κ1) is 12.3. The number of rotatable bonds is 3. The first-order valence-corrected chi connectivity index (χ1v) is 6.28. The molecule has 0 bridgehead atoms. The molecule has 4 nitrogen and oxygen atoms in total. The number of nitrogens with zero attached hydrogens (tertiary/aromatic N) is 2. The molecule has 1 saturated heterocycles. The molecule has 2 atom stereocenters. The number of ether oxygens (including phenoxy) is 1. The summed E-state index contributed by atoms with van der Waals surface area (Å²) in [6, 6.07) is 4.19. The van der Waals surface area contributed by atoms with E-state index in [9.17, 15) is 0 Å². The smallest absolute Gasteiger partial charge is 0.0722 e. The molecule has 1 aliphatic heterocycles. The lowest BCUT2D eigenvalue weighted by molar-refractivity contribution is 0.0532. The Morgan fingerprint density at radius 2 is 2.41 bits per heavy atom. The van der Waals surface area contributed by atoms with Gasteiger partial charge < -0.3 is 15.4 Å². The van der Waals surface area contributed by atoms with Gasteiger partial charge in [0.1, 0.15) is 0 Å². The average molecular weight is 235 g/mol. The fourth-order valence-electron chi connectivity index (χ4n) is 2.07. The summed E-state index contributed by atoms with van der Waals surface area (Å²) >= 11 is 0. The molecule has 2 N–H and O–H groups in total. The molecule has 94 valence electrons. The molecule has 0 aliphatic carbocycles. The lowest BCUT2D eigenvalue weighted by atomic mass is 10.1. The zero-order chi connectivity index (χ0) is 12.3. The number of nitrogens with two attached hydrogens (primary N) is 1. The van der Waals surface area contributed by atoms with Crippen molar-refractivity contribution in [3.05, 3.63) is 24.0 Å². The average Bonchev–Trinajstić information content (AvgIpc) is 2.38. The molecule has 1 unspecified atom stereocenters. The van der Waals surface area contributed by atoms with Crippen molar-refractivity contribution in [3.63, 3.8) is 0 Å². The predicted molar refractivity (Wildman–Crippen MR) is 69.1 cm³/mol. The van der Waals surface area contributed by atoms with Gasteiger partial charge in [-0.3, -0.25) is 4.98 Å². The Hall–Kier alpha value is -1.13. The molecule has 0 amide bonds. The van der Waals surface area contributed by atoms with Gasteiger partial charge in [-0.15, -0.1) is 0 Å². The van der Waals surface area contributed by atoms with Crippen LogP contribution in [0.4, 0.5) is 5.69 Å². The number of aromatic nitrogens is 1. The standard InChI is InChI=1S/C13H21N3O/c1-3-12(14)13-5-4-11(8-15-13)16-6-7-17-10(2)9-16/h4-5,8,10,12H,3,6-7,9,14H2,1-2H3/t10?,12-/m0/s1. The number of hydrogen-bond acceptors (Lipinski definition) is 4. The monoisotopic (exact) mass is 235 g/mol. The minimum atomic E-state index is 0.0488. The van der Waals surface area contributed by atoms with Crippen molar-refractivity contribution in [3.8, 4) is 0 Å². The Bertz CT molecular complexity index is 352. The molecule has 1 aromatic heterocycles. The van der Waals surface area contributed by atoms with E-state index in [0.717, 1.165) is 37.5 Å². The van der Waals surface area contributed by atoms with Crippen LogP contribution in [0.2, 0.25) is 0 Å². The maximum atomic E-state index is 5.95. The summed E-state index contributed by atoms with van der Waals surface area (Å²) in [4.78, 5) is 6.75. The van der Waals surface area contributed by atoms with Crippen LogP contribution in [-0.4, -0.2) is 30.8 Å². The van der Waals surface area contributed by atoms with Gasteiger partial charge in [0.05, 0.1) is 30.3 Å². The van der Waals surface area contributed by atoms with Gasteiger partial charge in [-0.25, -0.2) is 0 Å². The van der Waals surface area contributed by atoms with Crippen molar-refractivity contribution in [1.82, 2.24) is 4.98 Å². The third kappa shape index (κ3) is 2.96. The fourth-order valence-corrected chi connectivity index (χ4v) is 2.07. The van der Waals surface area contributed by atoms with E-state index in [1.54, 1.807) is 0 Å². The van der Waals surface area contributed by atoms with Gasteiger partial charge in [-0.1, -0.05) is 6.92 Å². The van der Waals surface area contributed by atoms with E-state index in [1.807, 2.05) is 12.3 Å². The molecule has 17 heavy (non-hydrogen) atoms. The highest BCUT2D eigenvalue weighted by Crippen LogP contribution is 2.19. The quantitative estimate of drug-likeness (QED) is 0.866. The highest BCUT2D eigenvalue weighted by Gasteiger charge is 2.17. The first-order valence-electron chi connectivity index (χ1n) is 6.28. The second-order valence-electron chi connectivity index (χ2n) is 4.58. The largest absolute Gasteiger partial charge is 0.375 e. The highest BCUT2D eigenvalue weighted by molar-refractivity contribution is 5.45. The molecule has 1 fully saturated rings. The Balaban J connectivity index is 2.06. The number of morpholine rings is 1. The number of pyridine rings is 1. The number of hydrogen-bond donors (Lipinski definition) is 1. The Labute approximate surface area is 103 Å². The summed E-state index contributed by atoms with van der Waals surface area (Å²) < 4.78 is 5.53. The Morgan fingerprint density at radius 1 is 1.59 bits per heavy atom. The summed E-state index contributed by atoms with van der Waals surface area (Å²) in [7, 11) is 0. The van der Waals surface area contributed by atoms with Crippen LogP contribution in [0, 0.1) is 0 Å². The summed E-state index contributed by atoms with van der Waals surface area (Å²) in [5, 5.41) is 0. The minimum absolute atomic E-state index is 0.0488. The van der Waals surface area contributed by atoms with Crippen molar-refractivity contribution in [2.45, 2.75) is 32.4 Å². The van der Waals surface area contributed by atoms with Crippen molar-refractivity contribution >= 4 is 5.69 Å². The third-order valence-corrected chi connectivity index (χ3v) is 3.20. The molecule has 1 aliphatic rings. The van der Waals surface area contributed by atoms with Crippen LogP contribution in [0.15, 0.2) is 18.3 Å². The lowest BCUT2D eigenvalue weighted by Crippen LogP contribution is -2.41. The molecule has 0 spiro atoms. The Kier molecular flexibility index (Phi) is 3.97. The zero-order valence-corrected chi connectivity index (χ0v) is 10.6. The van der Waals surface area contributed by atoms with Crippen molar-refractivity contribution in [2.75, 3.05) is 24.6 Å². The maximum absolute atomic E-state index is 5.95. The van der Waals surface area contributed by atoms with E-state index in [1.165, 1.54) is 0 Å². The highest BCUT2D eigenvalue weighted by atomic mass is 16.5. The summed E-state index contributed by atoms with van der Waals surface area (Å²) in [5.41, 5.74) is 8.08. The van der Waals surface area contributed by atoms with E-state index in [4.69, 9.17) is 10.5 Å². The van der Waals surface area contributed by atoms with Crippen LogP contribution in [-0.2, 0) is 4.74 Å². The van der Waals surface area contributed by atoms with Crippen molar-refractivity contribution in [1.29, 1.82) is 0 Å². The van der Waals surface area contributed by atoms with E-state index < -0.39 is 0 Å².